The van der Waals surface area contributed by atoms with E-state index in [0.717, 1.165) is 49.0 Å². The number of Topliss-reactive ketones (excluding diaryl/α,β-unsaturated/α-hetero) is 1. The number of hydrogen-bond acceptors (Lipinski definition) is 3. The summed E-state index contributed by atoms with van der Waals surface area (Å²) in [6.07, 6.45) is 2.39. The van der Waals surface area contributed by atoms with Gasteiger partial charge in [0, 0.05) is 25.1 Å². The van der Waals surface area contributed by atoms with Crippen molar-refractivity contribution in [2.45, 2.75) is 31.8 Å². The molecule has 0 aromatic heterocycles. The summed E-state index contributed by atoms with van der Waals surface area (Å²) < 4.78 is 0. The first-order chi connectivity index (χ1) is 15.5. The first-order valence-corrected chi connectivity index (χ1v) is 11.7. The van der Waals surface area contributed by atoms with Crippen LogP contribution in [0.5, 0.6) is 0 Å². The fourth-order valence-electron chi connectivity index (χ4n) is 5.80. The molecule has 0 amide bonds. The van der Waals surface area contributed by atoms with Crippen LogP contribution in [0.15, 0.2) is 78.9 Å². The molecule has 5 rings (SSSR count). The number of aliphatic hydroxyl groups is 1. The molecule has 2 aliphatic rings. The minimum Gasteiger partial charge on any atom is -0.390 e. The molecule has 0 spiro atoms. The Labute approximate surface area is 190 Å². The van der Waals surface area contributed by atoms with Crippen molar-refractivity contribution in [1.82, 2.24) is 4.90 Å². The maximum absolute atomic E-state index is 13.0. The second-order valence-electron chi connectivity index (χ2n) is 9.88. The summed E-state index contributed by atoms with van der Waals surface area (Å²) in [6.45, 7) is 4.36. The molecule has 3 heteroatoms. The van der Waals surface area contributed by atoms with Gasteiger partial charge in [0.2, 0.25) is 0 Å². The van der Waals surface area contributed by atoms with Crippen molar-refractivity contribution in [3.8, 4) is 11.1 Å². The number of carbonyl (C=O) groups is 1. The molecule has 1 N–H and O–H groups in total. The number of benzene rings is 3. The summed E-state index contributed by atoms with van der Waals surface area (Å²) in [5.41, 5.74) is 4.83. The van der Waals surface area contributed by atoms with Crippen molar-refractivity contribution in [3.63, 3.8) is 0 Å². The number of ketones is 1. The Morgan fingerprint density at radius 3 is 2.25 bits per heavy atom. The van der Waals surface area contributed by atoms with Gasteiger partial charge in [0.1, 0.15) is 0 Å². The van der Waals surface area contributed by atoms with Gasteiger partial charge in [0.05, 0.1) is 12.1 Å². The second kappa shape index (κ2) is 8.65. The predicted octanol–water partition coefficient (Wildman–Crippen LogP) is 5.16. The molecule has 2 fully saturated rings. The van der Waals surface area contributed by atoms with Crippen LogP contribution < -0.4 is 0 Å². The van der Waals surface area contributed by atoms with Crippen LogP contribution in [0.25, 0.3) is 11.1 Å². The number of fused-ring (bicyclic) bond motifs is 1. The minimum absolute atomic E-state index is 0.180. The molecule has 32 heavy (non-hydrogen) atoms. The Kier molecular flexibility index (Phi) is 5.71. The average Bonchev–Trinajstić information content (AvgIpc) is 3.28. The number of aryl methyl sites for hydroxylation is 1. The summed E-state index contributed by atoms with van der Waals surface area (Å²) in [4.78, 5) is 15.3. The molecule has 1 saturated heterocycles. The molecule has 1 aliphatic heterocycles. The molecule has 164 valence electrons. The molecule has 1 aliphatic carbocycles. The van der Waals surface area contributed by atoms with Gasteiger partial charge < -0.3 is 5.11 Å². The van der Waals surface area contributed by atoms with Gasteiger partial charge in [-0.05, 0) is 54.4 Å². The highest BCUT2D eigenvalue weighted by molar-refractivity contribution is 5.98. The predicted molar refractivity (Wildman–Crippen MR) is 129 cm³/mol. The molecule has 1 heterocycles. The van der Waals surface area contributed by atoms with Gasteiger partial charge >= 0.3 is 0 Å². The first kappa shape index (κ1) is 21.1. The van der Waals surface area contributed by atoms with Crippen LogP contribution in [0.3, 0.4) is 0 Å². The average molecular weight is 426 g/mol. The monoisotopic (exact) mass is 425 g/mol. The lowest BCUT2D eigenvalue weighted by atomic mass is 9.91. The third-order valence-electron chi connectivity index (χ3n) is 7.22. The zero-order valence-electron chi connectivity index (χ0n) is 18.7. The van der Waals surface area contributed by atoms with Gasteiger partial charge in [-0.15, -0.1) is 0 Å². The molecular formula is C29H31NO2. The molecule has 0 unspecified atom stereocenters. The summed E-state index contributed by atoms with van der Waals surface area (Å²) in [5, 5.41) is 11.2. The van der Waals surface area contributed by atoms with Crippen LogP contribution >= 0.6 is 0 Å². The van der Waals surface area contributed by atoms with Crippen molar-refractivity contribution >= 4 is 5.78 Å². The molecule has 3 aromatic rings. The largest absolute Gasteiger partial charge is 0.390 e. The Hall–Kier alpha value is -2.75. The van der Waals surface area contributed by atoms with E-state index < -0.39 is 5.60 Å². The highest BCUT2D eigenvalue weighted by atomic mass is 16.3. The summed E-state index contributed by atoms with van der Waals surface area (Å²) in [6, 6.07) is 26.7. The zero-order chi connectivity index (χ0) is 22.1. The van der Waals surface area contributed by atoms with Gasteiger partial charge in [-0.2, -0.15) is 0 Å². The second-order valence-corrected chi connectivity index (χ2v) is 9.88. The van der Waals surface area contributed by atoms with E-state index >= 15 is 0 Å². The third kappa shape index (κ3) is 4.55. The number of likely N-dealkylation sites (tertiary alicyclic amines) is 1. The summed E-state index contributed by atoms with van der Waals surface area (Å²) in [7, 11) is 0. The lowest BCUT2D eigenvalue weighted by Crippen LogP contribution is -2.34. The van der Waals surface area contributed by atoms with E-state index in [4.69, 9.17) is 0 Å². The SMILES string of the molecule is Cc1cccc(-c2cccc(C(=O)CN3C[C@@H]4C[C@@](O)(Cc5ccccc5)C[C@@H]4C3)c2)c1. The van der Waals surface area contributed by atoms with E-state index in [1.54, 1.807) is 0 Å². The van der Waals surface area contributed by atoms with Crippen molar-refractivity contribution in [2.24, 2.45) is 11.8 Å². The minimum atomic E-state index is -0.602. The molecular weight excluding hydrogens is 394 g/mol. The van der Waals surface area contributed by atoms with Crippen molar-refractivity contribution < 1.29 is 9.90 Å². The lowest BCUT2D eigenvalue weighted by molar-refractivity contribution is 0.0355. The first-order valence-electron chi connectivity index (χ1n) is 11.7. The van der Waals surface area contributed by atoms with Gasteiger partial charge in [0.25, 0.3) is 0 Å². The van der Waals surface area contributed by atoms with E-state index in [1.807, 2.05) is 36.4 Å². The van der Waals surface area contributed by atoms with Crippen molar-refractivity contribution in [3.05, 3.63) is 95.6 Å². The number of nitrogens with zero attached hydrogens (tertiary/aromatic N) is 1. The van der Waals surface area contributed by atoms with E-state index in [0.29, 0.717) is 18.4 Å². The Morgan fingerprint density at radius 1 is 0.906 bits per heavy atom. The van der Waals surface area contributed by atoms with Gasteiger partial charge in [-0.1, -0.05) is 78.4 Å². The summed E-state index contributed by atoms with van der Waals surface area (Å²) in [5.74, 6) is 1.14. The van der Waals surface area contributed by atoms with Crippen molar-refractivity contribution in [1.29, 1.82) is 0 Å². The number of hydrogen-bond donors (Lipinski definition) is 1. The summed E-state index contributed by atoms with van der Waals surface area (Å²) >= 11 is 0. The van der Waals surface area contributed by atoms with Crippen LogP contribution in [-0.4, -0.2) is 41.0 Å². The molecule has 1 saturated carbocycles. The van der Waals surface area contributed by atoms with E-state index in [9.17, 15) is 9.90 Å². The molecule has 3 aromatic carbocycles. The molecule has 3 atom stereocenters. The Morgan fingerprint density at radius 2 is 1.56 bits per heavy atom. The van der Waals surface area contributed by atoms with Gasteiger partial charge in [-0.25, -0.2) is 0 Å². The maximum atomic E-state index is 13.0. The lowest BCUT2D eigenvalue weighted by Gasteiger charge is -2.26. The quantitative estimate of drug-likeness (QED) is 0.555. The van der Waals surface area contributed by atoms with Gasteiger partial charge in [0.15, 0.2) is 5.78 Å². The normalized spacial score (nSPS) is 25.1. The van der Waals surface area contributed by atoms with E-state index in [1.165, 1.54) is 11.1 Å². The van der Waals surface area contributed by atoms with Crippen LogP contribution in [0.4, 0.5) is 0 Å². The zero-order valence-corrected chi connectivity index (χ0v) is 18.7. The van der Waals surface area contributed by atoms with Crippen LogP contribution in [0, 0.1) is 18.8 Å². The smallest absolute Gasteiger partial charge is 0.176 e. The van der Waals surface area contributed by atoms with E-state index in [2.05, 4.69) is 54.3 Å². The number of rotatable bonds is 6. The number of carbonyl (C=O) groups excluding carboxylic acids is 1. The standard InChI is InChI=1S/C29H31NO2/c1-21-7-5-10-23(13-21)24-11-6-12-25(14-24)28(31)20-30-18-26-16-29(32,17-27(26)19-30)15-22-8-3-2-4-9-22/h2-14,26-27,32H,15-20H2,1H3/t26-,27+,29-. The third-order valence-corrected chi connectivity index (χ3v) is 7.22. The highest BCUT2D eigenvalue weighted by Gasteiger charge is 2.48. The molecule has 0 radical (unpaired) electrons. The Balaban J connectivity index is 1.20. The highest BCUT2D eigenvalue weighted by Crippen LogP contribution is 2.45. The van der Waals surface area contributed by atoms with Crippen LogP contribution in [0.2, 0.25) is 0 Å². The van der Waals surface area contributed by atoms with Crippen LogP contribution in [0.1, 0.15) is 34.3 Å². The fourth-order valence-corrected chi connectivity index (χ4v) is 5.80. The Bertz CT molecular complexity index is 1090. The molecule has 3 nitrogen and oxygen atoms in total. The fraction of sp³-hybridized carbons (Fsp3) is 0.345. The topological polar surface area (TPSA) is 40.5 Å². The van der Waals surface area contributed by atoms with E-state index in [-0.39, 0.29) is 5.78 Å². The van der Waals surface area contributed by atoms with Crippen LogP contribution in [-0.2, 0) is 6.42 Å². The maximum Gasteiger partial charge on any atom is 0.176 e. The van der Waals surface area contributed by atoms with Crippen molar-refractivity contribution in [2.75, 3.05) is 19.6 Å². The van der Waals surface area contributed by atoms with Gasteiger partial charge in [-0.3, -0.25) is 9.69 Å². The molecule has 0 bridgehead atoms.